The van der Waals surface area contributed by atoms with Crippen molar-refractivity contribution in [2.24, 2.45) is 0 Å². The molecule has 0 saturated carbocycles. The number of amides is 3. The number of carbonyl (C=O) groups excluding carboxylic acids is 2. The summed E-state index contributed by atoms with van der Waals surface area (Å²) in [7, 11) is 1.60. The standard InChI is InChI=1S/C13H16N2O3/c1-9(10-3-5-11(18-2)6-4-10)15-12(16)7-8-14-13(15)17/h3-6,9H,7-8H2,1-2H3,(H,14,17). The average molecular weight is 248 g/mol. The third kappa shape index (κ3) is 2.30. The number of hydrogen-bond donors (Lipinski definition) is 1. The second-order valence-electron chi connectivity index (χ2n) is 4.19. The van der Waals surface area contributed by atoms with E-state index in [1.807, 2.05) is 31.2 Å². The average Bonchev–Trinajstić information content (AvgIpc) is 2.38. The topological polar surface area (TPSA) is 58.6 Å². The Labute approximate surface area is 106 Å². The van der Waals surface area contributed by atoms with Gasteiger partial charge in [-0.15, -0.1) is 0 Å². The van der Waals surface area contributed by atoms with E-state index < -0.39 is 0 Å². The fourth-order valence-electron chi connectivity index (χ4n) is 2.02. The SMILES string of the molecule is COc1ccc(C(C)N2C(=O)CCNC2=O)cc1. The zero-order chi connectivity index (χ0) is 13.1. The normalized spacial score (nSPS) is 17.3. The van der Waals surface area contributed by atoms with Gasteiger partial charge in [0.2, 0.25) is 5.91 Å². The van der Waals surface area contributed by atoms with E-state index in [0.717, 1.165) is 11.3 Å². The van der Waals surface area contributed by atoms with Crippen molar-refractivity contribution in [3.05, 3.63) is 29.8 Å². The fourth-order valence-corrected chi connectivity index (χ4v) is 2.02. The van der Waals surface area contributed by atoms with E-state index in [1.165, 1.54) is 4.90 Å². The summed E-state index contributed by atoms with van der Waals surface area (Å²) in [5, 5.41) is 2.68. The predicted octanol–water partition coefficient (Wildman–Crippen LogP) is 1.70. The number of ether oxygens (including phenoxy) is 1. The molecule has 1 unspecified atom stereocenters. The van der Waals surface area contributed by atoms with E-state index >= 15 is 0 Å². The molecule has 96 valence electrons. The molecule has 5 nitrogen and oxygen atoms in total. The smallest absolute Gasteiger partial charge is 0.324 e. The van der Waals surface area contributed by atoms with Gasteiger partial charge in [-0.2, -0.15) is 0 Å². The number of methoxy groups -OCH3 is 1. The number of benzene rings is 1. The van der Waals surface area contributed by atoms with Crippen LogP contribution in [0.15, 0.2) is 24.3 Å². The van der Waals surface area contributed by atoms with Gasteiger partial charge in [-0.05, 0) is 24.6 Å². The summed E-state index contributed by atoms with van der Waals surface area (Å²) < 4.78 is 5.08. The van der Waals surface area contributed by atoms with Gasteiger partial charge in [-0.25, -0.2) is 4.79 Å². The first-order valence-electron chi connectivity index (χ1n) is 5.87. The second kappa shape index (κ2) is 5.08. The number of imide groups is 1. The molecule has 3 amide bonds. The van der Waals surface area contributed by atoms with Crippen LogP contribution in [0.4, 0.5) is 4.79 Å². The van der Waals surface area contributed by atoms with Crippen LogP contribution in [0.25, 0.3) is 0 Å². The molecular weight excluding hydrogens is 232 g/mol. The molecule has 0 radical (unpaired) electrons. The van der Waals surface area contributed by atoms with E-state index in [4.69, 9.17) is 4.74 Å². The zero-order valence-electron chi connectivity index (χ0n) is 10.5. The van der Waals surface area contributed by atoms with E-state index in [9.17, 15) is 9.59 Å². The lowest BCUT2D eigenvalue weighted by Gasteiger charge is -2.31. The molecule has 1 heterocycles. The Morgan fingerprint density at radius 3 is 2.50 bits per heavy atom. The van der Waals surface area contributed by atoms with Gasteiger partial charge in [0.1, 0.15) is 5.75 Å². The summed E-state index contributed by atoms with van der Waals surface area (Å²) in [6.07, 6.45) is 0.353. The zero-order valence-corrected chi connectivity index (χ0v) is 10.5. The number of carbonyl (C=O) groups is 2. The molecule has 1 aliphatic rings. The van der Waals surface area contributed by atoms with Crippen LogP contribution in [-0.4, -0.2) is 30.5 Å². The maximum Gasteiger partial charge on any atom is 0.324 e. The first kappa shape index (κ1) is 12.4. The summed E-state index contributed by atoms with van der Waals surface area (Å²) in [5.74, 6) is 0.613. The van der Waals surface area contributed by atoms with Gasteiger partial charge in [0.25, 0.3) is 0 Å². The Kier molecular flexibility index (Phi) is 3.50. The minimum Gasteiger partial charge on any atom is -0.497 e. The van der Waals surface area contributed by atoms with Crippen molar-refractivity contribution in [2.75, 3.05) is 13.7 Å². The van der Waals surface area contributed by atoms with Crippen molar-refractivity contribution in [2.45, 2.75) is 19.4 Å². The molecule has 2 rings (SSSR count). The van der Waals surface area contributed by atoms with Gasteiger partial charge >= 0.3 is 6.03 Å². The number of nitrogens with zero attached hydrogens (tertiary/aromatic N) is 1. The van der Waals surface area contributed by atoms with Gasteiger partial charge in [-0.1, -0.05) is 12.1 Å². The highest BCUT2D eigenvalue weighted by atomic mass is 16.5. The van der Waals surface area contributed by atoms with Crippen LogP contribution in [-0.2, 0) is 4.79 Å². The Morgan fingerprint density at radius 2 is 1.94 bits per heavy atom. The Bertz CT molecular complexity index is 440. The lowest BCUT2D eigenvalue weighted by atomic mass is 10.1. The largest absolute Gasteiger partial charge is 0.497 e. The molecule has 1 aromatic carbocycles. The second-order valence-corrected chi connectivity index (χ2v) is 4.19. The summed E-state index contributed by atoms with van der Waals surface area (Å²) in [6, 6.07) is 6.76. The van der Waals surface area contributed by atoms with Crippen LogP contribution in [0.5, 0.6) is 5.75 Å². The third-order valence-corrected chi connectivity index (χ3v) is 3.09. The molecule has 1 aliphatic heterocycles. The number of hydrogen-bond acceptors (Lipinski definition) is 3. The highest BCUT2D eigenvalue weighted by Crippen LogP contribution is 2.24. The van der Waals surface area contributed by atoms with Crippen LogP contribution in [0, 0.1) is 0 Å². The maximum atomic E-state index is 11.8. The Morgan fingerprint density at radius 1 is 1.28 bits per heavy atom. The number of urea groups is 1. The van der Waals surface area contributed by atoms with Gasteiger partial charge in [-0.3, -0.25) is 9.69 Å². The van der Waals surface area contributed by atoms with Crippen molar-refractivity contribution >= 4 is 11.9 Å². The molecule has 1 fully saturated rings. The molecule has 1 aromatic rings. The van der Waals surface area contributed by atoms with E-state index in [1.54, 1.807) is 7.11 Å². The lowest BCUT2D eigenvalue weighted by Crippen LogP contribution is -2.50. The monoisotopic (exact) mass is 248 g/mol. The molecule has 0 bridgehead atoms. The van der Waals surface area contributed by atoms with Crippen LogP contribution in [0.2, 0.25) is 0 Å². The van der Waals surface area contributed by atoms with Crippen molar-refractivity contribution in [1.29, 1.82) is 0 Å². The van der Waals surface area contributed by atoms with Crippen molar-refractivity contribution < 1.29 is 14.3 Å². The van der Waals surface area contributed by atoms with Gasteiger partial charge in [0.05, 0.1) is 13.2 Å². The summed E-state index contributed by atoms with van der Waals surface area (Å²) in [6.45, 7) is 2.26. The van der Waals surface area contributed by atoms with Crippen molar-refractivity contribution in [1.82, 2.24) is 10.2 Å². The van der Waals surface area contributed by atoms with Gasteiger partial charge in [0.15, 0.2) is 0 Å². The molecule has 0 spiro atoms. The van der Waals surface area contributed by atoms with Crippen LogP contribution < -0.4 is 10.1 Å². The van der Waals surface area contributed by atoms with Crippen molar-refractivity contribution in [3.63, 3.8) is 0 Å². The quantitative estimate of drug-likeness (QED) is 0.885. The Hall–Kier alpha value is -2.04. The summed E-state index contributed by atoms with van der Waals surface area (Å²) in [4.78, 5) is 24.8. The van der Waals surface area contributed by atoms with E-state index in [0.29, 0.717) is 13.0 Å². The maximum absolute atomic E-state index is 11.8. The fraction of sp³-hybridized carbons (Fsp3) is 0.385. The van der Waals surface area contributed by atoms with E-state index in [2.05, 4.69) is 5.32 Å². The van der Waals surface area contributed by atoms with Crippen LogP contribution >= 0.6 is 0 Å². The molecule has 1 atom stereocenters. The lowest BCUT2D eigenvalue weighted by molar-refractivity contribution is -0.130. The highest BCUT2D eigenvalue weighted by molar-refractivity contribution is 5.97. The minimum atomic E-state index is -0.324. The van der Waals surface area contributed by atoms with E-state index in [-0.39, 0.29) is 18.0 Å². The molecule has 1 N–H and O–H groups in total. The molecule has 5 heteroatoms. The molecule has 18 heavy (non-hydrogen) atoms. The first-order chi connectivity index (χ1) is 8.63. The molecule has 0 aliphatic carbocycles. The Balaban J connectivity index is 2.20. The predicted molar refractivity (Wildman–Crippen MR) is 66.3 cm³/mol. The summed E-state index contributed by atoms with van der Waals surface area (Å²) >= 11 is 0. The van der Waals surface area contributed by atoms with Crippen LogP contribution in [0.3, 0.4) is 0 Å². The number of rotatable bonds is 3. The molecule has 0 aromatic heterocycles. The van der Waals surface area contributed by atoms with Crippen LogP contribution in [0.1, 0.15) is 24.9 Å². The summed E-state index contributed by atoms with van der Waals surface area (Å²) in [5.41, 5.74) is 0.904. The van der Waals surface area contributed by atoms with Gasteiger partial charge < -0.3 is 10.1 Å². The third-order valence-electron chi connectivity index (χ3n) is 3.09. The minimum absolute atomic E-state index is 0.137. The highest BCUT2D eigenvalue weighted by Gasteiger charge is 2.30. The van der Waals surface area contributed by atoms with Crippen molar-refractivity contribution in [3.8, 4) is 5.75 Å². The van der Waals surface area contributed by atoms with Gasteiger partial charge in [0, 0.05) is 13.0 Å². The first-order valence-corrected chi connectivity index (χ1v) is 5.87. The number of nitrogens with one attached hydrogen (secondary N) is 1. The molecule has 1 saturated heterocycles. The molecular formula is C13H16N2O3.